The predicted molar refractivity (Wildman–Crippen MR) is 112 cm³/mol. The summed E-state index contributed by atoms with van der Waals surface area (Å²) in [5.74, 6) is -1.09. The van der Waals surface area contributed by atoms with E-state index in [-0.39, 0.29) is 17.4 Å². The smallest absolute Gasteiger partial charge is 0.234 e. The van der Waals surface area contributed by atoms with Crippen molar-refractivity contribution in [1.29, 1.82) is 0 Å². The van der Waals surface area contributed by atoms with Crippen molar-refractivity contribution in [2.75, 3.05) is 11.1 Å². The number of ether oxygens (including phenoxy) is 1. The molecule has 3 rings (SSSR count). The van der Waals surface area contributed by atoms with E-state index >= 15 is 0 Å². The van der Waals surface area contributed by atoms with E-state index in [0.29, 0.717) is 11.0 Å². The second-order valence-electron chi connectivity index (χ2n) is 6.95. The zero-order valence-electron chi connectivity index (χ0n) is 17.1. The van der Waals surface area contributed by atoms with E-state index in [1.165, 1.54) is 17.8 Å². The predicted octanol–water partition coefficient (Wildman–Crippen LogP) is 4.58. The molecule has 1 N–H and O–H groups in total. The van der Waals surface area contributed by atoms with Gasteiger partial charge in [0.2, 0.25) is 5.91 Å². The van der Waals surface area contributed by atoms with Crippen LogP contribution in [0.4, 0.5) is 14.5 Å². The Labute approximate surface area is 177 Å². The fourth-order valence-electron chi connectivity index (χ4n) is 2.99. The van der Waals surface area contributed by atoms with E-state index in [9.17, 15) is 13.6 Å². The second-order valence-corrected chi connectivity index (χ2v) is 7.89. The molecule has 6 nitrogen and oxygen atoms in total. The molecule has 2 aromatic carbocycles. The van der Waals surface area contributed by atoms with Crippen molar-refractivity contribution in [1.82, 2.24) is 14.8 Å². The molecule has 0 aliphatic carbocycles. The van der Waals surface area contributed by atoms with Gasteiger partial charge in [-0.3, -0.25) is 4.79 Å². The number of aryl methyl sites for hydroxylation is 2. The first-order chi connectivity index (χ1) is 14.2. The quantitative estimate of drug-likeness (QED) is 0.554. The lowest BCUT2D eigenvalue weighted by molar-refractivity contribution is -0.113. The van der Waals surface area contributed by atoms with Gasteiger partial charge in [-0.1, -0.05) is 17.8 Å². The summed E-state index contributed by atoms with van der Waals surface area (Å²) >= 11 is 1.23. The first kappa shape index (κ1) is 21.8. The average Bonchev–Trinajstić information content (AvgIpc) is 3.02. The minimum atomic E-state index is -0.790. The van der Waals surface area contributed by atoms with Gasteiger partial charge in [-0.15, -0.1) is 10.2 Å². The SMILES string of the molecule is Cc1cc(C)cc(NC(=O)CSc2nnc(C(C)Oc3ccc(F)cc3F)n2C)c1. The van der Waals surface area contributed by atoms with Crippen LogP contribution in [0.1, 0.15) is 30.0 Å². The molecular formula is C21H22F2N4O2S. The number of hydrogen-bond acceptors (Lipinski definition) is 5. The number of benzene rings is 2. The first-order valence-corrected chi connectivity index (χ1v) is 10.2. The molecule has 0 spiro atoms. The number of anilines is 1. The highest BCUT2D eigenvalue weighted by Crippen LogP contribution is 2.26. The molecule has 1 heterocycles. The van der Waals surface area contributed by atoms with E-state index in [0.717, 1.165) is 28.9 Å². The Morgan fingerprint density at radius 3 is 2.53 bits per heavy atom. The van der Waals surface area contributed by atoms with Crippen molar-refractivity contribution in [2.24, 2.45) is 7.05 Å². The maximum absolute atomic E-state index is 13.8. The minimum Gasteiger partial charge on any atom is -0.480 e. The highest BCUT2D eigenvalue weighted by Gasteiger charge is 2.19. The zero-order valence-corrected chi connectivity index (χ0v) is 17.9. The van der Waals surface area contributed by atoms with Crippen molar-refractivity contribution in [2.45, 2.75) is 32.0 Å². The molecule has 9 heteroatoms. The lowest BCUT2D eigenvalue weighted by atomic mass is 10.1. The van der Waals surface area contributed by atoms with Gasteiger partial charge in [0.1, 0.15) is 5.82 Å². The molecule has 158 valence electrons. The maximum atomic E-state index is 13.8. The third-order valence-corrected chi connectivity index (χ3v) is 5.29. The van der Waals surface area contributed by atoms with Gasteiger partial charge in [0.25, 0.3) is 0 Å². The summed E-state index contributed by atoms with van der Waals surface area (Å²) in [6.07, 6.45) is -0.624. The van der Waals surface area contributed by atoms with Crippen LogP contribution in [0.5, 0.6) is 5.75 Å². The number of rotatable bonds is 7. The zero-order chi connectivity index (χ0) is 21.8. The molecule has 1 atom stereocenters. The molecule has 1 unspecified atom stereocenters. The molecule has 0 aliphatic heterocycles. The van der Waals surface area contributed by atoms with Gasteiger partial charge in [-0.05, 0) is 56.2 Å². The number of carbonyl (C=O) groups is 1. The van der Waals surface area contributed by atoms with Gasteiger partial charge in [0, 0.05) is 18.8 Å². The Balaban J connectivity index is 1.61. The van der Waals surface area contributed by atoms with E-state index in [1.807, 2.05) is 32.0 Å². The Morgan fingerprint density at radius 2 is 1.87 bits per heavy atom. The fraction of sp³-hybridized carbons (Fsp3) is 0.286. The largest absolute Gasteiger partial charge is 0.480 e. The molecule has 30 heavy (non-hydrogen) atoms. The van der Waals surface area contributed by atoms with Crippen LogP contribution in [0.3, 0.4) is 0 Å². The second kappa shape index (κ2) is 9.25. The van der Waals surface area contributed by atoms with Gasteiger partial charge >= 0.3 is 0 Å². The van der Waals surface area contributed by atoms with Gasteiger partial charge in [-0.25, -0.2) is 8.78 Å². The van der Waals surface area contributed by atoms with Crippen LogP contribution in [0.2, 0.25) is 0 Å². The highest BCUT2D eigenvalue weighted by atomic mass is 32.2. The summed E-state index contributed by atoms with van der Waals surface area (Å²) in [6, 6.07) is 8.95. The number of aromatic nitrogens is 3. The molecule has 0 aliphatic rings. The van der Waals surface area contributed by atoms with Crippen molar-refractivity contribution >= 4 is 23.4 Å². The van der Waals surface area contributed by atoms with E-state index in [2.05, 4.69) is 15.5 Å². The number of halogens is 2. The topological polar surface area (TPSA) is 69.0 Å². The van der Waals surface area contributed by atoms with E-state index in [1.54, 1.807) is 18.5 Å². The normalized spacial score (nSPS) is 11.9. The Hall–Kier alpha value is -2.94. The van der Waals surface area contributed by atoms with Gasteiger partial charge in [0.05, 0.1) is 5.75 Å². The summed E-state index contributed by atoms with van der Waals surface area (Å²) in [6.45, 7) is 5.63. The van der Waals surface area contributed by atoms with Crippen LogP contribution < -0.4 is 10.1 Å². The van der Waals surface area contributed by atoms with Crippen molar-refractivity contribution in [3.05, 3.63) is 65.0 Å². The van der Waals surface area contributed by atoms with Crippen LogP contribution >= 0.6 is 11.8 Å². The number of thioether (sulfide) groups is 1. The molecule has 0 saturated heterocycles. The standard InChI is InChI=1S/C21H22F2N4O2S/c1-12-7-13(2)9-16(8-12)24-19(28)11-30-21-26-25-20(27(21)4)14(3)29-18-6-5-15(22)10-17(18)23/h5-10,14H,11H2,1-4H3,(H,24,28). The first-order valence-electron chi connectivity index (χ1n) is 9.25. The lowest BCUT2D eigenvalue weighted by Gasteiger charge is -2.14. The molecule has 1 aromatic heterocycles. The molecule has 3 aromatic rings. The fourth-order valence-corrected chi connectivity index (χ4v) is 3.71. The van der Waals surface area contributed by atoms with Crippen LogP contribution in [-0.2, 0) is 11.8 Å². The summed E-state index contributed by atoms with van der Waals surface area (Å²) in [7, 11) is 1.74. The molecular weight excluding hydrogens is 410 g/mol. The molecule has 1 amide bonds. The third kappa shape index (κ3) is 5.35. The lowest BCUT2D eigenvalue weighted by Crippen LogP contribution is -2.15. The highest BCUT2D eigenvalue weighted by molar-refractivity contribution is 7.99. The van der Waals surface area contributed by atoms with Crippen LogP contribution in [0.15, 0.2) is 41.6 Å². The van der Waals surface area contributed by atoms with Crippen LogP contribution in [0.25, 0.3) is 0 Å². The molecule has 0 fully saturated rings. The number of nitrogens with zero attached hydrogens (tertiary/aromatic N) is 3. The number of nitrogens with one attached hydrogen (secondary N) is 1. The number of carbonyl (C=O) groups excluding carboxylic acids is 1. The molecule has 0 saturated carbocycles. The monoisotopic (exact) mass is 432 g/mol. The van der Waals surface area contributed by atoms with Crippen LogP contribution in [0, 0.1) is 25.5 Å². The third-order valence-electron chi connectivity index (χ3n) is 4.27. The van der Waals surface area contributed by atoms with E-state index < -0.39 is 17.7 Å². The summed E-state index contributed by atoms with van der Waals surface area (Å²) in [5, 5.41) is 11.6. The average molecular weight is 432 g/mol. The maximum Gasteiger partial charge on any atom is 0.234 e. The van der Waals surface area contributed by atoms with Crippen molar-refractivity contribution in [3.63, 3.8) is 0 Å². The molecule has 0 radical (unpaired) electrons. The minimum absolute atomic E-state index is 0.0751. The Bertz CT molecular complexity index is 1050. The number of amides is 1. The van der Waals surface area contributed by atoms with Gasteiger partial charge in [0.15, 0.2) is 28.7 Å². The Kier molecular flexibility index (Phi) is 6.71. The molecule has 0 bridgehead atoms. The van der Waals surface area contributed by atoms with Crippen molar-refractivity contribution < 1.29 is 18.3 Å². The summed E-state index contributed by atoms with van der Waals surface area (Å²) < 4.78 is 34.1. The summed E-state index contributed by atoms with van der Waals surface area (Å²) in [4.78, 5) is 12.3. The van der Waals surface area contributed by atoms with Gasteiger partial charge in [-0.2, -0.15) is 0 Å². The number of hydrogen-bond donors (Lipinski definition) is 1. The Morgan fingerprint density at radius 1 is 1.17 bits per heavy atom. The summed E-state index contributed by atoms with van der Waals surface area (Å²) in [5.41, 5.74) is 2.89. The van der Waals surface area contributed by atoms with Crippen molar-refractivity contribution in [3.8, 4) is 5.75 Å². The van der Waals surface area contributed by atoms with Gasteiger partial charge < -0.3 is 14.6 Å². The van der Waals surface area contributed by atoms with Crippen LogP contribution in [-0.4, -0.2) is 26.4 Å². The van der Waals surface area contributed by atoms with E-state index in [4.69, 9.17) is 4.74 Å².